The van der Waals surface area contributed by atoms with Crippen LogP contribution in [-0.4, -0.2) is 31.4 Å². The van der Waals surface area contributed by atoms with Crippen LogP contribution in [0.1, 0.15) is 79.8 Å². The first-order valence-electron chi connectivity index (χ1n) is 10.7. The lowest BCUT2D eigenvalue weighted by atomic mass is 9.94. The predicted octanol–water partition coefficient (Wildman–Crippen LogP) is 5.59. The summed E-state index contributed by atoms with van der Waals surface area (Å²) in [5.74, 6) is 0. The maximum atomic E-state index is 5.15. The van der Waals surface area contributed by atoms with E-state index in [0.29, 0.717) is 11.3 Å². The van der Waals surface area contributed by atoms with Crippen molar-refractivity contribution in [2.45, 2.75) is 76.3 Å². The standard InChI is InChI=1S/C23H30N4S/c1-15-13-19(17(3)27(15)18-9-5-4-6-10-18)22-21(20-11-7-8-12-24-20)25-23-26(22)14-16(2)28-23/h7-8,11-13,16,18,21-22H,4-6,9-10,14H2,1-3H3/t16-,21+,22+/m0/s1. The van der Waals surface area contributed by atoms with Gasteiger partial charge in [0, 0.05) is 35.4 Å². The van der Waals surface area contributed by atoms with Crippen LogP contribution in [0.5, 0.6) is 0 Å². The number of aromatic nitrogens is 2. The monoisotopic (exact) mass is 394 g/mol. The molecule has 2 fully saturated rings. The van der Waals surface area contributed by atoms with Crippen LogP contribution in [0.2, 0.25) is 0 Å². The highest BCUT2D eigenvalue weighted by Crippen LogP contribution is 2.49. The Balaban J connectivity index is 1.56. The Hall–Kier alpha value is -1.75. The first kappa shape index (κ1) is 18.3. The van der Waals surface area contributed by atoms with Crippen LogP contribution in [0.25, 0.3) is 0 Å². The molecule has 5 heteroatoms. The van der Waals surface area contributed by atoms with E-state index in [4.69, 9.17) is 4.99 Å². The van der Waals surface area contributed by atoms with Crippen LogP contribution in [0.4, 0.5) is 0 Å². The summed E-state index contributed by atoms with van der Waals surface area (Å²) < 4.78 is 2.63. The van der Waals surface area contributed by atoms with E-state index in [1.807, 2.05) is 24.0 Å². The van der Waals surface area contributed by atoms with Crippen molar-refractivity contribution in [2.24, 2.45) is 4.99 Å². The maximum absolute atomic E-state index is 5.15. The number of aliphatic imine (C=N–C) groups is 1. The van der Waals surface area contributed by atoms with E-state index >= 15 is 0 Å². The van der Waals surface area contributed by atoms with Gasteiger partial charge in [-0.15, -0.1) is 0 Å². The third-order valence-electron chi connectivity index (χ3n) is 6.66. The average molecular weight is 395 g/mol. The highest BCUT2D eigenvalue weighted by atomic mass is 32.2. The van der Waals surface area contributed by atoms with Crippen molar-refractivity contribution in [3.05, 3.63) is 53.1 Å². The van der Waals surface area contributed by atoms with Gasteiger partial charge in [-0.2, -0.15) is 0 Å². The Bertz CT molecular complexity index is 882. The minimum atomic E-state index is 0.0940. The fraction of sp³-hybridized carbons (Fsp3) is 0.565. The van der Waals surface area contributed by atoms with Crippen molar-refractivity contribution in [1.29, 1.82) is 0 Å². The summed E-state index contributed by atoms with van der Waals surface area (Å²) in [4.78, 5) is 12.4. The molecule has 1 saturated carbocycles. The van der Waals surface area contributed by atoms with Gasteiger partial charge in [-0.1, -0.05) is 44.0 Å². The smallest absolute Gasteiger partial charge is 0.160 e. The number of nitrogens with zero attached hydrogens (tertiary/aromatic N) is 4. The zero-order chi connectivity index (χ0) is 19.3. The summed E-state index contributed by atoms with van der Waals surface area (Å²) >= 11 is 1.92. The predicted molar refractivity (Wildman–Crippen MR) is 117 cm³/mol. The molecule has 0 amide bonds. The average Bonchev–Trinajstić information content (AvgIpc) is 3.33. The van der Waals surface area contributed by atoms with Gasteiger partial charge in [-0.25, -0.2) is 0 Å². The van der Waals surface area contributed by atoms with Crippen molar-refractivity contribution in [2.75, 3.05) is 6.54 Å². The molecule has 1 saturated heterocycles. The molecule has 2 aliphatic heterocycles. The first-order chi connectivity index (χ1) is 13.6. The van der Waals surface area contributed by atoms with Gasteiger partial charge in [0.25, 0.3) is 0 Å². The second-order valence-electron chi connectivity index (χ2n) is 8.63. The third kappa shape index (κ3) is 2.99. The fourth-order valence-electron chi connectivity index (χ4n) is 5.46. The molecule has 148 valence electrons. The minimum Gasteiger partial charge on any atom is -0.346 e. The van der Waals surface area contributed by atoms with Crippen molar-refractivity contribution in [3.8, 4) is 0 Å². The van der Waals surface area contributed by atoms with Crippen molar-refractivity contribution < 1.29 is 0 Å². The van der Waals surface area contributed by atoms with E-state index in [0.717, 1.165) is 12.2 Å². The molecule has 2 aromatic rings. The number of amidine groups is 1. The summed E-state index contributed by atoms with van der Waals surface area (Å²) in [6.45, 7) is 8.00. The number of hydrogen-bond acceptors (Lipinski definition) is 4. The molecular weight excluding hydrogens is 364 g/mol. The van der Waals surface area contributed by atoms with Crippen molar-refractivity contribution >= 4 is 16.9 Å². The molecule has 1 aliphatic carbocycles. The fourth-order valence-corrected chi connectivity index (χ4v) is 6.55. The largest absolute Gasteiger partial charge is 0.346 e. The topological polar surface area (TPSA) is 33.4 Å². The normalized spacial score (nSPS) is 27.9. The van der Waals surface area contributed by atoms with Crippen molar-refractivity contribution in [1.82, 2.24) is 14.5 Å². The van der Waals surface area contributed by atoms with Gasteiger partial charge in [0.1, 0.15) is 6.04 Å². The van der Waals surface area contributed by atoms with Gasteiger partial charge in [0.05, 0.1) is 11.7 Å². The Morgan fingerprint density at radius 1 is 1.11 bits per heavy atom. The summed E-state index contributed by atoms with van der Waals surface area (Å²) in [6.07, 6.45) is 8.67. The molecule has 3 aliphatic rings. The molecule has 0 radical (unpaired) electrons. The molecule has 4 nitrogen and oxygen atoms in total. The molecule has 0 bridgehead atoms. The lowest BCUT2D eigenvalue weighted by molar-refractivity contribution is 0.315. The van der Waals surface area contributed by atoms with Crippen LogP contribution >= 0.6 is 11.8 Å². The number of thioether (sulfide) groups is 1. The Kier molecular flexibility index (Phi) is 4.74. The SMILES string of the molecule is Cc1cc([C@@H]2[C@@H](c3ccccn3)N=C3S[C@@H](C)CN32)c(C)n1C1CCCCC1. The Morgan fingerprint density at radius 3 is 2.68 bits per heavy atom. The van der Waals surface area contributed by atoms with E-state index in [2.05, 4.69) is 53.4 Å². The zero-order valence-corrected chi connectivity index (χ0v) is 18.0. The summed E-state index contributed by atoms with van der Waals surface area (Å²) in [5.41, 5.74) is 5.39. The highest BCUT2D eigenvalue weighted by Gasteiger charge is 2.44. The summed E-state index contributed by atoms with van der Waals surface area (Å²) in [7, 11) is 0. The molecule has 0 N–H and O–H groups in total. The van der Waals surface area contributed by atoms with E-state index in [9.17, 15) is 0 Å². The molecule has 4 heterocycles. The zero-order valence-electron chi connectivity index (χ0n) is 17.1. The summed E-state index contributed by atoms with van der Waals surface area (Å²) in [5, 5.41) is 1.81. The molecule has 0 aromatic carbocycles. The van der Waals surface area contributed by atoms with Crippen LogP contribution in [0, 0.1) is 13.8 Å². The van der Waals surface area contributed by atoms with Crippen LogP contribution in [0.15, 0.2) is 35.5 Å². The van der Waals surface area contributed by atoms with Gasteiger partial charge in [0.15, 0.2) is 5.17 Å². The molecule has 0 unspecified atom stereocenters. The first-order valence-corrected chi connectivity index (χ1v) is 11.6. The molecule has 3 atom stereocenters. The lowest BCUT2D eigenvalue weighted by Gasteiger charge is -2.29. The molecule has 5 rings (SSSR count). The van der Waals surface area contributed by atoms with E-state index in [1.165, 1.54) is 54.2 Å². The van der Waals surface area contributed by atoms with Crippen LogP contribution in [0.3, 0.4) is 0 Å². The highest BCUT2D eigenvalue weighted by molar-refractivity contribution is 8.14. The quantitative estimate of drug-likeness (QED) is 0.680. The maximum Gasteiger partial charge on any atom is 0.160 e. The number of hydrogen-bond donors (Lipinski definition) is 0. The number of rotatable bonds is 3. The number of aryl methyl sites for hydroxylation is 1. The van der Waals surface area contributed by atoms with Gasteiger partial charge in [0.2, 0.25) is 0 Å². The van der Waals surface area contributed by atoms with Gasteiger partial charge in [-0.3, -0.25) is 9.98 Å². The van der Waals surface area contributed by atoms with E-state index in [-0.39, 0.29) is 12.1 Å². The third-order valence-corrected chi connectivity index (χ3v) is 7.77. The number of pyridine rings is 1. The van der Waals surface area contributed by atoms with Crippen LogP contribution in [-0.2, 0) is 0 Å². The van der Waals surface area contributed by atoms with Gasteiger partial charge < -0.3 is 9.47 Å². The summed E-state index contributed by atoms with van der Waals surface area (Å²) in [6, 6.07) is 9.69. The van der Waals surface area contributed by atoms with Gasteiger partial charge >= 0.3 is 0 Å². The van der Waals surface area contributed by atoms with Crippen molar-refractivity contribution in [3.63, 3.8) is 0 Å². The van der Waals surface area contributed by atoms with E-state index < -0.39 is 0 Å². The lowest BCUT2D eigenvalue weighted by Crippen LogP contribution is -2.29. The molecular formula is C23H30N4S. The Labute approximate surface area is 172 Å². The molecule has 2 aromatic heterocycles. The van der Waals surface area contributed by atoms with E-state index in [1.54, 1.807) is 0 Å². The van der Waals surface area contributed by atoms with Crippen LogP contribution < -0.4 is 0 Å². The second kappa shape index (κ2) is 7.25. The minimum absolute atomic E-state index is 0.0940. The Morgan fingerprint density at radius 2 is 1.93 bits per heavy atom. The molecule has 0 spiro atoms. The van der Waals surface area contributed by atoms with Gasteiger partial charge in [-0.05, 0) is 50.5 Å². The molecule has 28 heavy (non-hydrogen) atoms. The number of fused-ring (bicyclic) bond motifs is 1. The second-order valence-corrected chi connectivity index (χ2v) is 10.0.